The topological polar surface area (TPSA) is 79.3 Å². The third-order valence-electron chi connectivity index (χ3n) is 4.67. The average Bonchev–Trinajstić information content (AvgIpc) is 2.79. The number of nitrogens with one attached hydrogen (secondary N) is 1. The Kier molecular flexibility index (Phi) is 5.46. The van der Waals surface area contributed by atoms with Crippen LogP contribution in [0.3, 0.4) is 0 Å². The van der Waals surface area contributed by atoms with E-state index in [0.717, 1.165) is 55.2 Å². The van der Waals surface area contributed by atoms with Gasteiger partial charge in [0.2, 0.25) is 11.9 Å². The maximum atomic E-state index is 5.19. The number of methoxy groups -OCH3 is 1. The Labute approximate surface area is 164 Å². The Balaban J connectivity index is 1.34. The summed E-state index contributed by atoms with van der Waals surface area (Å²) in [4.78, 5) is 22.1. The molecule has 8 nitrogen and oxygen atoms in total. The molecule has 28 heavy (non-hydrogen) atoms. The zero-order valence-corrected chi connectivity index (χ0v) is 15.8. The lowest BCUT2D eigenvalue weighted by atomic mass is 10.2. The first-order valence-electron chi connectivity index (χ1n) is 9.28. The Morgan fingerprint density at radius 1 is 0.857 bits per heavy atom. The Bertz CT molecular complexity index is 881. The Morgan fingerprint density at radius 3 is 2.18 bits per heavy atom. The number of benzene rings is 1. The first-order valence-corrected chi connectivity index (χ1v) is 9.28. The van der Waals surface area contributed by atoms with Gasteiger partial charge in [0.15, 0.2) is 0 Å². The van der Waals surface area contributed by atoms with Gasteiger partial charge in [-0.25, -0.2) is 15.0 Å². The number of ether oxygens (including phenoxy) is 1. The largest absolute Gasteiger partial charge is 0.497 e. The van der Waals surface area contributed by atoms with Crippen LogP contribution in [0.4, 0.5) is 17.7 Å². The smallest absolute Gasteiger partial charge is 0.227 e. The molecule has 1 fully saturated rings. The van der Waals surface area contributed by atoms with Crippen LogP contribution >= 0.6 is 0 Å². The highest BCUT2D eigenvalue weighted by atomic mass is 16.5. The summed E-state index contributed by atoms with van der Waals surface area (Å²) in [6.45, 7) is 4.05. The van der Waals surface area contributed by atoms with E-state index in [0.29, 0.717) is 6.54 Å². The molecular weight excluding hydrogens is 354 g/mol. The van der Waals surface area contributed by atoms with Gasteiger partial charge in [0.25, 0.3) is 0 Å². The number of anilines is 3. The molecule has 0 radical (unpaired) electrons. The fraction of sp³-hybridized carbons (Fsp3) is 0.300. The minimum absolute atomic E-state index is 0.694. The Morgan fingerprint density at radius 2 is 1.50 bits per heavy atom. The van der Waals surface area contributed by atoms with Gasteiger partial charge < -0.3 is 19.9 Å². The third-order valence-corrected chi connectivity index (χ3v) is 4.67. The van der Waals surface area contributed by atoms with Gasteiger partial charge in [-0.15, -0.1) is 0 Å². The summed E-state index contributed by atoms with van der Waals surface area (Å²) in [5, 5.41) is 3.36. The molecule has 2 aromatic heterocycles. The van der Waals surface area contributed by atoms with Crippen LogP contribution in [0.15, 0.2) is 55.0 Å². The van der Waals surface area contributed by atoms with E-state index in [1.54, 1.807) is 25.7 Å². The zero-order chi connectivity index (χ0) is 19.2. The van der Waals surface area contributed by atoms with Crippen LogP contribution in [0.1, 0.15) is 5.56 Å². The molecule has 1 N–H and O–H groups in total. The summed E-state index contributed by atoms with van der Waals surface area (Å²) in [7, 11) is 1.67. The Hall–Kier alpha value is -3.42. The summed E-state index contributed by atoms with van der Waals surface area (Å²) in [6.07, 6.45) is 5.34. The van der Waals surface area contributed by atoms with Gasteiger partial charge in [-0.3, -0.25) is 0 Å². The van der Waals surface area contributed by atoms with Crippen molar-refractivity contribution in [3.05, 3.63) is 60.6 Å². The predicted octanol–water partition coefficient (Wildman–Crippen LogP) is 2.21. The molecule has 4 rings (SSSR count). The lowest BCUT2D eigenvalue weighted by Gasteiger charge is -2.34. The van der Waals surface area contributed by atoms with Crippen molar-refractivity contribution in [1.29, 1.82) is 0 Å². The van der Waals surface area contributed by atoms with Crippen LogP contribution in [0.25, 0.3) is 0 Å². The number of nitrogens with zero attached hydrogens (tertiary/aromatic N) is 6. The van der Waals surface area contributed by atoms with Crippen LogP contribution in [-0.2, 0) is 6.54 Å². The van der Waals surface area contributed by atoms with E-state index in [1.807, 2.05) is 36.4 Å². The molecule has 3 heterocycles. The van der Waals surface area contributed by atoms with E-state index in [2.05, 4.69) is 35.1 Å². The molecule has 8 heteroatoms. The normalized spacial score (nSPS) is 14.0. The van der Waals surface area contributed by atoms with Gasteiger partial charge >= 0.3 is 0 Å². The van der Waals surface area contributed by atoms with Crippen molar-refractivity contribution < 1.29 is 4.74 Å². The van der Waals surface area contributed by atoms with Crippen LogP contribution < -0.4 is 19.9 Å². The highest BCUT2D eigenvalue weighted by molar-refractivity contribution is 5.44. The van der Waals surface area contributed by atoms with Crippen molar-refractivity contribution >= 4 is 17.7 Å². The quantitative estimate of drug-likeness (QED) is 0.700. The second kappa shape index (κ2) is 8.51. The van der Waals surface area contributed by atoms with E-state index < -0.39 is 0 Å². The van der Waals surface area contributed by atoms with Crippen molar-refractivity contribution in [2.24, 2.45) is 0 Å². The minimum atomic E-state index is 0.694. The van der Waals surface area contributed by atoms with Crippen molar-refractivity contribution in [2.75, 3.05) is 48.4 Å². The molecular formula is C20H23N7O. The van der Waals surface area contributed by atoms with Crippen molar-refractivity contribution in [1.82, 2.24) is 19.9 Å². The second-order valence-corrected chi connectivity index (χ2v) is 6.47. The summed E-state index contributed by atoms with van der Waals surface area (Å²) < 4.78 is 5.19. The molecule has 1 saturated heterocycles. The zero-order valence-electron chi connectivity index (χ0n) is 15.8. The van der Waals surface area contributed by atoms with Crippen LogP contribution in [0.5, 0.6) is 5.75 Å². The van der Waals surface area contributed by atoms with Gasteiger partial charge in [0, 0.05) is 51.3 Å². The first kappa shape index (κ1) is 18.0. The maximum absolute atomic E-state index is 5.19. The SMILES string of the molecule is COc1ccc(CNc2ccnc(N3CCN(c4ncccn4)CC3)n2)cc1. The van der Waals surface area contributed by atoms with Crippen LogP contribution in [-0.4, -0.2) is 53.2 Å². The summed E-state index contributed by atoms with van der Waals surface area (Å²) in [5.74, 6) is 3.19. The second-order valence-electron chi connectivity index (χ2n) is 6.47. The van der Waals surface area contributed by atoms with E-state index in [9.17, 15) is 0 Å². The molecule has 0 atom stereocenters. The standard InChI is InChI=1S/C20H23N7O/c1-28-17-5-3-16(4-6-17)15-24-18-7-10-23-20(25-18)27-13-11-26(12-14-27)19-21-8-2-9-22-19/h2-10H,11-15H2,1H3,(H,23,24,25). The van der Waals surface area contributed by atoms with E-state index >= 15 is 0 Å². The molecule has 0 amide bonds. The molecule has 1 aliphatic heterocycles. The van der Waals surface area contributed by atoms with Crippen molar-refractivity contribution in [3.8, 4) is 5.75 Å². The van der Waals surface area contributed by atoms with E-state index in [-0.39, 0.29) is 0 Å². The molecule has 0 unspecified atom stereocenters. The lowest BCUT2D eigenvalue weighted by molar-refractivity contribution is 0.414. The molecule has 144 valence electrons. The minimum Gasteiger partial charge on any atom is -0.497 e. The molecule has 1 aliphatic rings. The van der Waals surface area contributed by atoms with Gasteiger partial charge in [-0.1, -0.05) is 12.1 Å². The van der Waals surface area contributed by atoms with E-state index in [4.69, 9.17) is 4.74 Å². The summed E-state index contributed by atoms with van der Waals surface area (Å²) >= 11 is 0. The highest BCUT2D eigenvalue weighted by Gasteiger charge is 2.20. The first-order chi connectivity index (χ1) is 13.8. The van der Waals surface area contributed by atoms with E-state index in [1.165, 1.54) is 0 Å². The number of piperazine rings is 1. The molecule has 0 spiro atoms. The molecule has 1 aromatic carbocycles. The van der Waals surface area contributed by atoms with Crippen LogP contribution in [0.2, 0.25) is 0 Å². The van der Waals surface area contributed by atoms with Gasteiger partial charge in [0.05, 0.1) is 7.11 Å². The average molecular weight is 377 g/mol. The summed E-state index contributed by atoms with van der Waals surface area (Å²) in [6, 6.07) is 11.7. The van der Waals surface area contributed by atoms with Crippen LogP contribution in [0, 0.1) is 0 Å². The fourth-order valence-electron chi connectivity index (χ4n) is 3.10. The fourth-order valence-corrected chi connectivity index (χ4v) is 3.10. The summed E-state index contributed by atoms with van der Waals surface area (Å²) in [5.41, 5.74) is 1.16. The van der Waals surface area contributed by atoms with Gasteiger partial charge in [-0.05, 0) is 29.8 Å². The predicted molar refractivity (Wildman–Crippen MR) is 109 cm³/mol. The molecule has 0 bridgehead atoms. The maximum Gasteiger partial charge on any atom is 0.227 e. The third kappa shape index (κ3) is 4.28. The monoisotopic (exact) mass is 377 g/mol. The van der Waals surface area contributed by atoms with Gasteiger partial charge in [0.1, 0.15) is 11.6 Å². The van der Waals surface area contributed by atoms with Crippen molar-refractivity contribution in [2.45, 2.75) is 6.54 Å². The number of rotatable bonds is 6. The lowest BCUT2D eigenvalue weighted by Crippen LogP contribution is -2.47. The highest BCUT2D eigenvalue weighted by Crippen LogP contribution is 2.17. The molecule has 0 aliphatic carbocycles. The number of hydrogen-bond donors (Lipinski definition) is 1. The van der Waals surface area contributed by atoms with Crippen molar-refractivity contribution in [3.63, 3.8) is 0 Å². The molecule has 0 saturated carbocycles. The van der Waals surface area contributed by atoms with Gasteiger partial charge in [-0.2, -0.15) is 4.98 Å². The number of aromatic nitrogens is 4. The number of hydrogen-bond acceptors (Lipinski definition) is 8. The molecule has 3 aromatic rings.